The lowest BCUT2D eigenvalue weighted by molar-refractivity contribution is 0.162. The third kappa shape index (κ3) is 5.51. The Bertz CT molecular complexity index is 425. The molecular weight excluding hydrogens is 355 g/mol. The number of rotatable bonds is 6. The number of benzene rings is 1. The first-order valence-corrected chi connectivity index (χ1v) is 8.41. The Kier molecular flexibility index (Phi) is 8.79. The van der Waals surface area contributed by atoms with Crippen molar-refractivity contribution in [2.24, 2.45) is 0 Å². The van der Waals surface area contributed by atoms with Crippen LogP contribution in [0.2, 0.25) is 0 Å². The zero-order valence-corrected chi connectivity index (χ0v) is 15.0. The summed E-state index contributed by atoms with van der Waals surface area (Å²) in [5, 5.41) is 3.40. The maximum absolute atomic E-state index is 13.3. The second-order valence-corrected chi connectivity index (χ2v) is 6.32. The van der Waals surface area contributed by atoms with E-state index in [4.69, 9.17) is 0 Å². The summed E-state index contributed by atoms with van der Waals surface area (Å²) in [6.45, 7) is 6.46. The van der Waals surface area contributed by atoms with E-state index in [2.05, 4.69) is 33.1 Å². The van der Waals surface area contributed by atoms with Crippen molar-refractivity contribution in [2.75, 3.05) is 26.2 Å². The first kappa shape index (κ1) is 18.9. The van der Waals surface area contributed by atoms with Gasteiger partial charge in [0, 0.05) is 36.7 Å². The van der Waals surface area contributed by atoms with Crippen LogP contribution in [-0.2, 0) is 0 Å². The SMILES string of the molecule is CCCCC[C@H](c1ccc(F)cc1Br)N1CCNCC1.Cl. The van der Waals surface area contributed by atoms with E-state index in [9.17, 15) is 4.39 Å². The molecule has 0 saturated carbocycles. The number of nitrogens with one attached hydrogen (secondary N) is 1. The van der Waals surface area contributed by atoms with E-state index in [1.807, 2.05) is 6.07 Å². The standard InChI is InChI=1S/C16H24BrFN2.ClH/c1-2-3-4-5-16(20-10-8-19-9-11-20)14-7-6-13(18)12-15(14)17;/h6-7,12,16,19H,2-5,8-11H2,1H3;1H/t16-;/m1./s1. The highest BCUT2D eigenvalue weighted by Gasteiger charge is 2.23. The molecule has 1 aliphatic heterocycles. The Morgan fingerprint density at radius 3 is 2.62 bits per heavy atom. The summed E-state index contributed by atoms with van der Waals surface area (Å²) in [5.74, 6) is -0.173. The summed E-state index contributed by atoms with van der Waals surface area (Å²) >= 11 is 3.54. The molecule has 1 saturated heterocycles. The minimum Gasteiger partial charge on any atom is -0.314 e. The van der Waals surface area contributed by atoms with Gasteiger partial charge in [0.25, 0.3) is 0 Å². The molecule has 1 atom stereocenters. The molecule has 1 aliphatic rings. The second-order valence-electron chi connectivity index (χ2n) is 5.46. The summed E-state index contributed by atoms with van der Waals surface area (Å²) in [6.07, 6.45) is 4.88. The van der Waals surface area contributed by atoms with E-state index >= 15 is 0 Å². The molecular formula is C16H25BrClFN2. The summed E-state index contributed by atoms with van der Waals surface area (Å²) in [4.78, 5) is 2.53. The van der Waals surface area contributed by atoms with Crippen LogP contribution in [-0.4, -0.2) is 31.1 Å². The second kappa shape index (κ2) is 9.78. The minimum atomic E-state index is -0.173. The van der Waals surface area contributed by atoms with E-state index in [1.54, 1.807) is 12.1 Å². The van der Waals surface area contributed by atoms with Gasteiger partial charge in [-0.3, -0.25) is 4.90 Å². The van der Waals surface area contributed by atoms with Crippen LogP contribution in [0.15, 0.2) is 22.7 Å². The quantitative estimate of drug-likeness (QED) is 0.730. The summed E-state index contributed by atoms with van der Waals surface area (Å²) in [5.41, 5.74) is 1.23. The van der Waals surface area contributed by atoms with Gasteiger partial charge >= 0.3 is 0 Å². The van der Waals surface area contributed by atoms with Crippen LogP contribution in [0.5, 0.6) is 0 Å². The molecule has 0 spiro atoms. The zero-order chi connectivity index (χ0) is 14.4. The van der Waals surface area contributed by atoms with E-state index < -0.39 is 0 Å². The first-order valence-electron chi connectivity index (χ1n) is 7.62. The first-order chi connectivity index (χ1) is 9.72. The number of piperazine rings is 1. The Morgan fingerprint density at radius 2 is 2.00 bits per heavy atom. The van der Waals surface area contributed by atoms with Crippen LogP contribution >= 0.6 is 28.3 Å². The van der Waals surface area contributed by atoms with E-state index in [0.717, 1.165) is 37.1 Å². The Morgan fingerprint density at radius 1 is 1.29 bits per heavy atom. The lowest BCUT2D eigenvalue weighted by atomic mass is 9.98. The van der Waals surface area contributed by atoms with Crippen LogP contribution in [0.25, 0.3) is 0 Å². The van der Waals surface area contributed by atoms with Crippen molar-refractivity contribution in [3.8, 4) is 0 Å². The van der Waals surface area contributed by atoms with Crippen LogP contribution in [0, 0.1) is 5.82 Å². The average molecular weight is 380 g/mol. The van der Waals surface area contributed by atoms with Crippen molar-refractivity contribution in [3.63, 3.8) is 0 Å². The van der Waals surface area contributed by atoms with E-state index in [1.165, 1.54) is 24.8 Å². The molecule has 21 heavy (non-hydrogen) atoms. The van der Waals surface area contributed by atoms with Gasteiger partial charge in [-0.15, -0.1) is 12.4 Å². The number of halogens is 3. The van der Waals surface area contributed by atoms with Gasteiger partial charge in [-0.25, -0.2) is 4.39 Å². The van der Waals surface area contributed by atoms with Gasteiger partial charge in [0.2, 0.25) is 0 Å². The molecule has 0 radical (unpaired) electrons. The fraction of sp³-hybridized carbons (Fsp3) is 0.625. The van der Waals surface area contributed by atoms with Gasteiger partial charge in [0.15, 0.2) is 0 Å². The van der Waals surface area contributed by atoms with Crippen LogP contribution in [0.1, 0.15) is 44.2 Å². The molecule has 0 unspecified atom stereocenters. The van der Waals surface area contributed by atoms with Crippen molar-refractivity contribution < 1.29 is 4.39 Å². The Hall–Kier alpha value is -0.160. The number of hydrogen-bond donors (Lipinski definition) is 1. The molecule has 1 aromatic carbocycles. The Labute approximate surface area is 142 Å². The summed E-state index contributed by atoms with van der Waals surface area (Å²) in [6, 6.07) is 5.51. The highest BCUT2D eigenvalue weighted by molar-refractivity contribution is 9.10. The normalized spacial score (nSPS) is 17.3. The summed E-state index contributed by atoms with van der Waals surface area (Å²) in [7, 11) is 0. The van der Waals surface area contributed by atoms with Crippen molar-refractivity contribution in [1.82, 2.24) is 10.2 Å². The third-order valence-electron chi connectivity index (χ3n) is 3.99. The fourth-order valence-corrected chi connectivity index (χ4v) is 3.50. The van der Waals surface area contributed by atoms with Gasteiger partial charge in [0.1, 0.15) is 5.82 Å². The van der Waals surface area contributed by atoms with Gasteiger partial charge in [-0.2, -0.15) is 0 Å². The van der Waals surface area contributed by atoms with E-state index in [-0.39, 0.29) is 18.2 Å². The molecule has 0 amide bonds. The highest BCUT2D eigenvalue weighted by Crippen LogP contribution is 2.32. The molecule has 1 heterocycles. The minimum absolute atomic E-state index is 0. The highest BCUT2D eigenvalue weighted by atomic mass is 79.9. The van der Waals surface area contributed by atoms with Crippen molar-refractivity contribution in [1.29, 1.82) is 0 Å². The molecule has 0 bridgehead atoms. The maximum atomic E-state index is 13.3. The van der Waals surface area contributed by atoms with E-state index in [0.29, 0.717) is 6.04 Å². The number of nitrogens with zero attached hydrogens (tertiary/aromatic N) is 1. The molecule has 120 valence electrons. The predicted molar refractivity (Wildman–Crippen MR) is 92.7 cm³/mol. The Balaban J connectivity index is 0.00000220. The monoisotopic (exact) mass is 378 g/mol. The zero-order valence-electron chi connectivity index (χ0n) is 12.6. The topological polar surface area (TPSA) is 15.3 Å². The summed E-state index contributed by atoms with van der Waals surface area (Å²) < 4.78 is 14.2. The van der Waals surface area contributed by atoms with Crippen molar-refractivity contribution >= 4 is 28.3 Å². The average Bonchev–Trinajstić information content (AvgIpc) is 2.46. The molecule has 2 nitrogen and oxygen atoms in total. The van der Waals surface area contributed by atoms with Crippen LogP contribution in [0.4, 0.5) is 4.39 Å². The lowest BCUT2D eigenvalue weighted by Crippen LogP contribution is -2.45. The molecule has 0 aliphatic carbocycles. The number of hydrogen-bond acceptors (Lipinski definition) is 2. The van der Waals surface area contributed by atoms with Gasteiger partial charge < -0.3 is 5.32 Å². The molecule has 5 heteroatoms. The fourth-order valence-electron chi connectivity index (χ4n) is 2.89. The number of unbranched alkanes of at least 4 members (excludes halogenated alkanes) is 2. The van der Waals surface area contributed by atoms with Crippen LogP contribution < -0.4 is 5.32 Å². The smallest absolute Gasteiger partial charge is 0.124 e. The maximum Gasteiger partial charge on any atom is 0.124 e. The lowest BCUT2D eigenvalue weighted by Gasteiger charge is -2.36. The molecule has 2 rings (SSSR count). The largest absolute Gasteiger partial charge is 0.314 e. The van der Waals surface area contributed by atoms with Crippen molar-refractivity contribution in [3.05, 3.63) is 34.1 Å². The van der Waals surface area contributed by atoms with Gasteiger partial charge in [0.05, 0.1) is 0 Å². The third-order valence-corrected chi connectivity index (χ3v) is 4.68. The molecule has 1 N–H and O–H groups in total. The predicted octanol–water partition coefficient (Wildman–Crippen LogP) is 4.54. The van der Waals surface area contributed by atoms with Crippen molar-refractivity contribution in [2.45, 2.75) is 38.6 Å². The van der Waals surface area contributed by atoms with Gasteiger partial charge in [-0.05, 0) is 24.1 Å². The molecule has 1 aromatic rings. The molecule has 1 fully saturated rings. The molecule has 0 aromatic heterocycles. The van der Waals surface area contributed by atoms with Gasteiger partial charge in [-0.1, -0.05) is 48.2 Å². The van der Waals surface area contributed by atoms with Crippen LogP contribution in [0.3, 0.4) is 0 Å².